The molecule has 1 atom stereocenters. The second-order valence-corrected chi connectivity index (χ2v) is 9.61. The first-order valence-electron chi connectivity index (χ1n) is 9.09. The maximum Gasteiger partial charge on any atom is 0.231 e. The van der Waals surface area contributed by atoms with E-state index in [0.29, 0.717) is 17.7 Å². The molecule has 0 aliphatic carbocycles. The molecule has 0 radical (unpaired) electrons. The van der Waals surface area contributed by atoms with E-state index in [4.69, 9.17) is 5.73 Å². The summed E-state index contributed by atoms with van der Waals surface area (Å²) >= 11 is 0. The number of aliphatic imine (C=N–C) groups is 1. The smallest absolute Gasteiger partial charge is 0.231 e. The molecule has 1 aliphatic heterocycles. The van der Waals surface area contributed by atoms with Crippen molar-refractivity contribution in [2.24, 2.45) is 10.7 Å². The molecule has 0 spiro atoms. The first-order chi connectivity index (χ1) is 13.1. The number of rotatable bonds is 5. The Bertz CT molecular complexity index is 1030. The molecule has 148 valence electrons. The molecule has 7 heteroatoms. The Morgan fingerprint density at radius 1 is 1.14 bits per heavy atom. The number of hydrogen-bond donors (Lipinski definition) is 1. The van der Waals surface area contributed by atoms with Crippen LogP contribution in [0, 0.1) is 0 Å². The van der Waals surface area contributed by atoms with E-state index in [1.165, 1.54) is 11.2 Å². The van der Waals surface area contributed by atoms with Gasteiger partial charge < -0.3 is 5.73 Å². The van der Waals surface area contributed by atoms with Gasteiger partial charge in [0.05, 0.1) is 16.9 Å². The fourth-order valence-corrected chi connectivity index (χ4v) is 3.95. The van der Waals surface area contributed by atoms with Crippen LogP contribution >= 0.6 is 0 Å². The van der Waals surface area contributed by atoms with Gasteiger partial charge in [0.15, 0.2) is 15.8 Å². The number of benzene rings is 2. The van der Waals surface area contributed by atoms with Crippen molar-refractivity contribution in [3.05, 3.63) is 54.1 Å². The highest BCUT2D eigenvalue weighted by Gasteiger charge is 2.34. The largest absolute Gasteiger partial charge is 0.369 e. The normalized spacial score (nSPS) is 20.2. The van der Waals surface area contributed by atoms with Gasteiger partial charge in [-0.3, -0.25) is 9.69 Å². The molecule has 1 amide bonds. The molecule has 1 heterocycles. The topological polar surface area (TPSA) is 92.8 Å². The van der Waals surface area contributed by atoms with Crippen molar-refractivity contribution in [3.63, 3.8) is 0 Å². The van der Waals surface area contributed by atoms with Crippen LogP contribution in [-0.2, 0) is 21.1 Å². The third-order valence-corrected chi connectivity index (χ3v) is 6.26. The van der Waals surface area contributed by atoms with Crippen molar-refractivity contribution in [2.75, 3.05) is 13.3 Å². The van der Waals surface area contributed by atoms with Crippen LogP contribution < -0.4 is 5.73 Å². The van der Waals surface area contributed by atoms with Crippen molar-refractivity contribution in [3.8, 4) is 11.1 Å². The lowest BCUT2D eigenvalue weighted by atomic mass is 9.88. The number of nitrogens with zero attached hydrogens (tertiary/aromatic N) is 2. The predicted molar refractivity (Wildman–Crippen MR) is 111 cm³/mol. The molecule has 1 unspecified atom stereocenters. The van der Waals surface area contributed by atoms with Gasteiger partial charge in [0, 0.05) is 13.3 Å². The molecule has 0 bridgehead atoms. The highest BCUT2D eigenvalue weighted by molar-refractivity contribution is 7.90. The number of hydrogen-bond acceptors (Lipinski definition) is 5. The molecule has 0 fully saturated rings. The van der Waals surface area contributed by atoms with Crippen LogP contribution in [0.2, 0.25) is 0 Å². The van der Waals surface area contributed by atoms with E-state index >= 15 is 0 Å². The summed E-state index contributed by atoms with van der Waals surface area (Å²) in [5, 5.41) is 0. The Labute approximate surface area is 166 Å². The standard InChI is InChI=1S/C21H25N3O3S/c1-21(14-19(25)24(2)20(22)23-21)12-11-15-5-4-6-17(13-15)16-7-9-18(10-8-16)28(3,26)27/h4-10,13H,11-12,14H2,1-3H3,(H2,22,23). The highest BCUT2D eigenvalue weighted by Crippen LogP contribution is 2.28. The molecule has 0 saturated carbocycles. The third-order valence-electron chi connectivity index (χ3n) is 5.13. The molecule has 3 rings (SSSR count). The number of guanidine groups is 1. The summed E-state index contributed by atoms with van der Waals surface area (Å²) < 4.78 is 23.2. The zero-order valence-electron chi connectivity index (χ0n) is 16.3. The van der Waals surface area contributed by atoms with Crippen LogP contribution in [0.25, 0.3) is 11.1 Å². The van der Waals surface area contributed by atoms with Gasteiger partial charge in [-0.2, -0.15) is 0 Å². The molecule has 0 saturated heterocycles. The molecule has 2 aromatic carbocycles. The van der Waals surface area contributed by atoms with E-state index in [1.54, 1.807) is 19.2 Å². The second kappa shape index (κ2) is 7.39. The zero-order chi connectivity index (χ0) is 20.5. The Hall–Kier alpha value is -2.67. The first-order valence-corrected chi connectivity index (χ1v) is 11.0. The lowest BCUT2D eigenvalue weighted by Gasteiger charge is -2.33. The summed E-state index contributed by atoms with van der Waals surface area (Å²) in [6, 6.07) is 15.0. The van der Waals surface area contributed by atoms with E-state index < -0.39 is 15.4 Å². The summed E-state index contributed by atoms with van der Waals surface area (Å²) in [4.78, 5) is 18.3. The number of nitrogens with two attached hydrogens (primary N) is 1. The first kappa shape index (κ1) is 20.1. The highest BCUT2D eigenvalue weighted by atomic mass is 32.2. The van der Waals surface area contributed by atoms with Gasteiger partial charge in [-0.15, -0.1) is 0 Å². The van der Waals surface area contributed by atoms with Gasteiger partial charge in [0.1, 0.15) is 0 Å². The van der Waals surface area contributed by atoms with Gasteiger partial charge in [-0.1, -0.05) is 36.4 Å². The van der Waals surface area contributed by atoms with Crippen LogP contribution in [-0.4, -0.2) is 44.0 Å². The quantitative estimate of drug-likeness (QED) is 0.836. The summed E-state index contributed by atoms with van der Waals surface area (Å²) in [5.41, 5.74) is 8.47. The van der Waals surface area contributed by atoms with Crippen molar-refractivity contribution < 1.29 is 13.2 Å². The van der Waals surface area contributed by atoms with Gasteiger partial charge in [0.2, 0.25) is 5.91 Å². The number of aryl methyl sites for hydroxylation is 1. The average molecular weight is 400 g/mol. The fourth-order valence-electron chi connectivity index (χ4n) is 3.32. The van der Waals surface area contributed by atoms with Crippen molar-refractivity contribution in [1.29, 1.82) is 0 Å². The van der Waals surface area contributed by atoms with Crippen LogP contribution in [0.3, 0.4) is 0 Å². The summed E-state index contributed by atoms with van der Waals surface area (Å²) in [6.07, 6.45) is 3.02. The lowest BCUT2D eigenvalue weighted by molar-refractivity contribution is -0.128. The Morgan fingerprint density at radius 3 is 2.43 bits per heavy atom. The van der Waals surface area contributed by atoms with Crippen molar-refractivity contribution >= 4 is 21.7 Å². The molecule has 6 nitrogen and oxygen atoms in total. The minimum atomic E-state index is -3.20. The predicted octanol–water partition coefficient (Wildman–Crippen LogP) is 2.63. The maximum absolute atomic E-state index is 12.1. The molecular formula is C21H25N3O3S. The van der Waals surface area contributed by atoms with Crippen LogP contribution in [0.4, 0.5) is 0 Å². The zero-order valence-corrected chi connectivity index (χ0v) is 17.2. The number of carbonyl (C=O) groups is 1. The monoisotopic (exact) mass is 399 g/mol. The van der Waals surface area contributed by atoms with Gasteiger partial charge in [0.25, 0.3) is 0 Å². The Balaban J connectivity index is 1.76. The van der Waals surface area contributed by atoms with E-state index in [-0.39, 0.29) is 11.9 Å². The van der Waals surface area contributed by atoms with Crippen LogP contribution in [0.15, 0.2) is 58.4 Å². The number of amides is 1. The molecule has 28 heavy (non-hydrogen) atoms. The summed E-state index contributed by atoms with van der Waals surface area (Å²) in [6.45, 7) is 1.96. The average Bonchev–Trinajstić information content (AvgIpc) is 2.64. The van der Waals surface area contributed by atoms with Crippen LogP contribution in [0.5, 0.6) is 0 Å². The number of carbonyl (C=O) groups excluding carboxylic acids is 1. The van der Waals surface area contributed by atoms with Gasteiger partial charge >= 0.3 is 0 Å². The van der Waals surface area contributed by atoms with Crippen molar-refractivity contribution in [1.82, 2.24) is 4.90 Å². The summed E-state index contributed by atoms with van der Waals surface area (Å²) in [5.74, 6) is 0.244. The van der Waals surface area contributed by atoms with Crippen LogP contribution in [0.1, 0.15) is 25.3 Å². The molecule has 2 aromatic rings. The van der Waals surface area contributed by atoms with Gasteiger partial charge in [-0.05, 0) is 48.6 Å². The van der Waals surface area contributed by atoms with E-state index in [2.05, 4.69) is 11.1 Å². The molecule has 1 aliphatic rings. The molecule has 0 aromatic heterocycles. The van der Waals surface area contributed by atoms with E-state index in [9.17, 15) is 13.2 Å². The number of sulfone groups is 1. The minimum Gasteiger partial charge on any atom is -0.369 e. The minimum absolute atomic E-state index is 0.0188. The van der Waals surface area contributed by atoms with Gasteiger partial charge in [-0.25, -0.2) is 13.4 Å². The van der Waals surface area contributed by atoms with E-state index in [0.717, 1.165) is 23.1 Å². The second-order valence-electron chi connectivity index (χ2n) is 7.59. The molecular weight excluding hydrogens is 374 g/mol. The Morgan fingerprint density at radius 2 is 1.82 bits per heavy atom. The third kappa shape index (κ3) is 4.42. The molecule has 2 N–H and O–H groups in total. The fraction of sp³-hybridized carbons (Fsp3) is 0.333. The van der Waals surface area contributed by atoms with Crippen molar-refractivity contribution in [2.45, 2.75) is 36.6 Å². The Kier molecular flexibility index (Phi) is 5.30. The maximum atomic E-state index is 12.1. The lowest BCUT2D eigenvalue weighted by Crippen LogP contribution is -2.48. The summed E-state index contributed by atoms with van der Waals surface area (Å²) in [7, 11) is -1.57. The van der Waals surface area contributed by atoms with E-state index in [1.807, 2.05) is 37.3 Å². The SMILES string of the molecule is CN1C(=O)CC(C)(CCc2cccc(-c3ccc(S(C)(=O)=O)cc3)c2)N=C1N.